The maximum atomic E-state index is 11.9. The summed E-state index contributed by atoms with van der Waals surface area (Å²) < 4.78 is 1.68. The number of anilines is 1. The summed E-state index contributed by atoms with van der Waals surface area (Å²) in [6, 6.07) is 0. The highest BCUT2D eigenvalue weighted by Crippen LogP contribution is 2.14. The van der Waals surface area contributed by atoms with Gasteiger partial charge in [0, 0.05) is 25.4 Å². The van der Waals surface area contributed by atoms with Gasteiger partial charge in [-0.05, 0) is 6.42 Å². The molecule has 1 amide bonds. The van der Waals surface area contributed by atoms with E-state index >= 15 is 0 Å². The molecule has 4 N–H and O–H groups in total. The largest absolute Gasteiger partial charge is 0.395 e. The second-order valence-electron chi connectivity index (χ2n) is 4.02. The number of aromatic amines is 1. The number of nitrogens with one attached hydrogen (secondary N) is 2. The van der Waals surface area contributed by atoms with E-state index in [4.69, 9.17) is 5.73 Å². The SMILES string of the molecule is CCc1[nH]nc(C(=O)NCc2cnn(C)c2)c1N. The molecule has 0 saturated heterocycles. The average molecular weight is 248 g/mol. The lowest BCUT2D eigenvalue weighted by Gasteiger charge is -2.01. The molecule has 7 heteroatoms. The third-order valence-corrected chi connectivity index (χ3v) is 2.66. The van der Waals surface area contributed by atoms with Crippen molar-refractivity contribution in [2.24, 2.45) is 7.05 Å². The first-order chi connectivity index (χ1) is 8.61. The van der Waals surface area contributed by atoms with Gasteiger partial charge in [-0.15, -0.1) is 0 Å². The summed E-state index contributed by atoms with van der Waals surface area (Å²) in [6.07, 6.45) is 4.26. The van der Waals surface area contributed by atoms with Crippen LogP contribution in [0.15, 0.2) is 12.4 Å². The molecular weight excluding hydrogens is 232 g/mol. The number of aromatic nitrogens is 4. The number of carbonyl (C=O) groups is 1. The van der Waals surface area contributed by atoms with Crippen molar-refractivity contribution < 1.29 is 4.79 Å². The van der Waals surface area contributed by atoms with Gasteiger partial charge >= 0.3 is 0 Å². The van der Waals surface area contributed by atoms with Crippen molar-refractivity contribution in [1.82, 2.24) is 25.3 Å². The molecule has 2 aromatic rings. The van der Waals surface area contributed by atoms with E-state index in [0.717, 1.165) is 11.3 Å². The molecule has 0 aromatic carbocycles. The van der Waals surface area contributed by atoms with E-state index in [2.05, 4.69) is 20.6 Å². The molecule has 0 aliphatic carbocycles. The molecule has 0 aliphatic rings. The number of hydrogen-bond donors (Lipinski definition) is 3. The lowest BCUT2D eigenvalue weighted by Crippen LogP contribution is -2.24. The molecule has 2 aromatic heterocycles. The van der Waals surface area contributed by atoms with E-state index in [0.29, 0.717) is 18.7 Å². The van der Waals surface area contributed by atoms with Crippen LogP contribution in [0.25, 0.3) is 0 Å². The Morgan fingerprint density at radius 1 is 1.61 bits per heavy atom. The van der Waals surface area contributed by atoms with E-state index in [1.54, 1.807) is 10.9 Å². The van der Waals surface area contributed by atoms with Crippen LogP contribution in [0.4, 0.5) is 5.69 Å². The summed E-state index contributed by atoms with van der Waals surface area (Å²) in [7, 11) is 1.82. The van der Waals surface area contributed by atoms with Crippen molar-refractivity contribution in [2.45, 2.75) is 19.9 Å². The molecule has 0 saturated carbocycles. The normalized spacial score (nSPS) is 10.6. The summed E-state index contributed by atoms with van der Waals surface area (Å²) in [5.41, 5.74) is 8.19. The first-order valence-electron chi connectivity index (χ1n) is 5.70. The molecule has 96 valence electrons. The molecule has 2 heterocycles. The zero-order valence-corrected chi connectivity index (χ0v) is 10.4. The zero-order chi connectivity index (χ0) is 13.1. The summed E-state index contributed by atoms with van der Waals surface area (Å²) in [4.78, 5) is 11.9. The van der Waals surface area contributed by atoms with Gasteiger partial charge in [0.25, 0.3) is 5.91 Å². The van der Waals surface area contributed by atoms with Crippen LogP contribution in [-0.4, -0.2) is 25.9 Å². The number of amides is 1. The third kappa shape index (κ3) is 2.34. The Labute approximate surface area is 104 Å². The summed E-state index contributed by atoms with van der Waals surface area (Å²) in [6.45, 7) is 2.35. The lowest BCUT2D eigenvalue weighted by molar-refractivity contribution is 0.0947. The fourth-order valence-electron chi connectivity index (χ4n) is 1.66. The van der Waals surface area contributed by atoms with E-state index in [1.165, 1.54) is 0 Å². The standard InChI is InChI=1S/C11H16N6O/c1-3-8-9(12)10(16-15-8)11(18)13-4-7-5-14-17(2)6-7/h5-6H,3-4,12H2,1-2H3,(H,13,18)(H,15,16). The van der Waals surface area contributed by atoms with Crippen molar-refractivity contribution in [3.63, 3.8) is 0 Å². The predicted molar refractivity (Wildman–Crippen MR) is 66.8 cm³/mol. The van der Waals surface area contributed by atoms with Crippen molar-refractivity contribution in [3.8, 4) is 0 Å². The molecule has 0 atom stereocenters. The first kappa shape index (κ1) is 12.2. The molecule has 18 heavy (non-hydrogen) atoms. The summed E-state index contributed by atoms with van der Waals surface area (Å²) in [5, 5.41) is 13.4. The Morgan fingerprint density at radius 3 is 2.94 bits per heavy atom. The Hall–Kier alpha value is -2.31. The molecular formula is C11H16N6O. The van der Waals surface area contributed by atoms with Gasteiger partial charge in [-0.2, -0.15) is 10.2 Å². The maximum Gasteiger partial charge on any atom is 0.274 e. The summed E-state index contributed by atoms with van der Waals surface area (Å²) in [5.74, 6) is -0.285. The topological polar surface area (TPSA) is 102 Å². The van der Waals surface area contributed by atoms with Gasteiger partial charge in [-0.25, -0.2) is 0 Å². The highest BCUT2D eigenvalue weighted by Gasteiger charge is 2.16. The van der Waals surface area contributed by atoms with Crippen LogP contribution in [0.1, 0.15) is 28.7 Å². The van der Waals surface area contributed by atoms with Gasteiger partial charge in [0.15, 0.2) is 5.69 Å². The van der Waals surface area contributed by atoms with Crippen molar-refractivity contribution in [2.75, 3.05) is 5.73 Å². The number of rotatable bonds is 4. The Morgan fingerprint density at radius 2 is 2.39 bits per heavy atom. The van der Waals surface area contributed by atoms with Gasteiger partial charge in [0.05, 0.1) is 17.6 Å². The molecule has 2 rings (SSSR count). The smallest absolute Gasteiger partial charge is 0.274 e. The minimum Gasteiger partial charge on any atom is -0.395 e. The first-order valence-corrected chi connectivity index (χ1v) is 5.70. The Balaban J connectivity index is 2.01. The van der Waals surface area contributed by atoms with Crippen molar-refractivity contribution in [3.05, 3.63) is 29.3 Å². The number of nitrogen functional groups attached to an aromatic ring is 1. The number of nitrogens with zero attached hydrogens (tertiary/aromatic N) is 3. The fraction of sp³-hybridized carbons (Fsp3) is 0.364. The van der Waals surface area contributed by atoms with Crippen molar-refractivity contribution in [1.29, 1.82) is 0 Å². The highest BCUT2D eigenvalue weighted by molar-refractivity contribution is 5.97. The molecule has 0 spiro atoms. The third-order valence-electron chi connectivity index (χ3n) is 2.66. The number of carbonyl (C=O) groups excluding carboxylic acids is 1. The van der Waals surface area contributed by atoms with Crippen molar-refractivity contribution >= 4 is 11.6 Å². The van der Waals surface area contributed by atoms with Gasteiger partial charge in [-0.1, -0.05) is 6.92 Å². The van der Waals surface area contributed by atoms with E-state index in [-0.39, 0.29) is 11.6 Å². The number of hydrogen-bond acceptors (Lipinski definition) is 4. The van der Waals surface area contributed by atoms with E-state index in [1.807, 2.05) is 20.2 Å². The lowest BCUT2D eigenvalue weighted by atomic mass is 10.2. The van der Waals surface area contributed by atoms with Gasteiger partial charge in [-0.3, -0.25) is 14.6 Å². The number of aryl methyl sites for hydroxylation is 2. The fourth-order valence-corrected chi connectivity index (χ4v) is 1.66. The van der Waals surface area contributed by atoms with Gasteiger partial charge in [0.1, 0.15) is 0 Å². The number of H-pyrrole nitrogens is 1. The Bertz CT molecular complexity index is 556. The molecule has 0 fully saturated rings. The van der Waals surface area contributed by atoms with Crippen LogP contribution < -0.4 is 11.1 Å². The molecule has 0 bridgehead atoms. The van der Waals surface area contributed by atoms with E-state index in [9.17, 15) is 4.79 Å². The summed E-state index contributed by atoms with van der Waals surface area (Å²) >= 11 is 0. The second-order valence-corrected chi connectivity index (χ2v) is 4.02. The van der Waals surface area contributed by atoms with Crippen LogP contribution in [-0.2, 0) is 20.0 Å². The Kier molecular flexibility index (Phi) is 3.31. The van der Waals surface area contributed by atoms with Gasteiger partial charge in [0.2, 0.25) is 0 Å². The number of nitrogens with two attached hydrogens (primary N) is 1. The molecule has 0 aliphatic heterocycles. The molecule has 7 nitrogen and oxygen atoms in total. The van der Waals surface area contributed by atoms with Crippen LogP contribution >= 0.6 is 0 Å². The van der Waals surface area contributed by atoms with Crippen LogP contribution in [0.2, 0.25) is 0 Å². The minimum absolute atomic E-state index is 0.246. The second kappa shape index (κ2) is 4.91. The van der Waals surface area contributed by atoms with Crippen LogP contribution in [0.5, 0.6) is 0 Å². The monoisotopic (exact) mass is 248 g/mol. The maximum absolute atomic E-state index is 11.9. The highest BCUT2D eigenvalue weighted by atomic mass is 16.1. The quantitative estimate of drug-likeness (QED) is 0.720. The van der Waals surface area contributed by atoms with Crippen LogP contribution in [0, 0.1) is 0 Å². The molecule has 0 radical (unpaired) electrons. The van der Waals surface area contributed by atoms with Crippen LogP contribution in [0.3, 0.4) is 0 Å². The minimum atomic E-state index is -0.285. The predicted octanol–water partition coefficient (Wildman–Crippen LogP) is 0.218. The molecule has 0 unspecified atom stereocenters. The van der Waals surface area contributed by atoms with E-state index < -0.39 is 0 Å². The van der Waals surface area contributed by atoms with Gasteiger partial charge < -0.3 is 11.1 Å². The average Bonchev–Trinajstić information content (AvgIpc) is 2.92. The zero-order valence-electron chi connectivity index (χ0n) is 10.4.